The second kappa shape index (κ2) is 9.45. The zero-order chi connectivity index (χ0) is 35.3. The lowest BCUT2D eigenvalue weighted by molar-refractivity contribution is 1.14. The Morgan fingerprint density at radius 2 is 0.836 bits per heavy atom. The molecule has 0 bridgehead atoms. The van der Waals surface area contributed by atoms with Gasteiger partial charge in [-0.3, -0.25) is 0 Å². The van der Waals surface area contributed by atoms with Gasteiger partial charge in [0.15, 0.2) is 0 Å². The summed E-state index contributed by atoms with van der Waals surface area (Å²) in [6.07, 6.45) is 0. The van der Waals surface area contributed by atoms with E-state index in [1.54, 1.807) is 0 Å². The Kier molecular flexibility index (Phi) is 4.83. The van der Waals surface area contributed by atoms with Crippen molar-refractivity contribution in [3.05, 3.63) is 152 Å². The summed E-state index contributed by atoms with van der Waals surface area (Å²) in [6.45, 7) is 0.0786. The van der Waals surface area contributed by atoms with Crippen molar-refractivity contribution < 1.29 is 0 Å². The monoisotopic (exact) mass is 728 g/mol. The molecule has 2 aliphatic rings. The van der Waals surface area contributed by atoms with E-state index in [9.17, 15) is 0 Å². The van der Waals surface area contributed by atoms with Crippen LogP contribution in [0.5, 0.6) is 0 Å². The van der Waals surface area contributed by atoms with Crippen molar-refractivity contribution in [3.8, 4) is 11.4 Å². The van der Waals surface area contributed by atoms with E-state index in [4.69, 9.17) is 0 Å². The summed E-state index contributed by atoms with van der Waals surface area (Å²) >= 11 is 3.89. The van der Waals surface area contributed by atoms with Crippen molar-refractivity contribution in [2.24, 2.45) is 0 Å². The third-order valence-electron chi connectivity index (χ3n) is 13.0. The molecule has 0 amide bonds. The molecule has 2 aliphatic heterocycles. The van der Waals surface area contributed by atoms with Crippen LogP contribution in [0.25, 0.3) is 117 Å². The maximum Gasteiger partial charge on any atom is 0.252 e. The summed E-state index contributed by atoms with van der Waals surface area (Å²) < 4.78 is 10.7. The molecule has 9 aromatic carbocycles. The fraction of sp³-hybridized carbons (Fsp3) is 0. The van der Waals surface area contributed by atoms with E-state index >= 15 is 0 Å². The third-order valence-corrected chi connectivity index (χ3v) is 15.4. The molecule has 0 aliphatic carbocycles. The summed E-state index contributed by atoms with van der Waals surface area (Å²) in [5.74, 6) is 0. The van der Waals surface area contributed by atoms with Gasteiger partial charge in [0.1, 0.15) is 0 Å². The Hall–Kier alpha value is -6.40. The molecule has 4 aromatic heterocycles. The summed E-state index contributed by atoms with van der Waals surface area (Å²) in [7, 11) is 0. The van der Waals surface area contributed by atoms with Gasteiger partial charge in [0.25, 0.3) is 6.71 Å². The van der Waals surface area contributed by atoms with Crippen LogP contribution in [0.4, 0.5) is 0 Å². The molecule has 5 heteroatoms. The van der Waals surface area contributed by atoms with Gasteiger partial charge in [-0.25, -0.2) is 0 Å². The van der Waals surface area contributed by atoms with Crippen molar-refractivity contribution >= 4 is 151 Å². The number of rotatable bonds is 0. The van der Waals surface area contributed by atoms with E-state index in [-0.39, 0.29) is 6.71 Å². The molecule has 0 atom stereocenters. The van der Waals surface area contributed by atoms with Crippen molar-refractivity contribution in [2.45, 2.75) is 0 Å². The van der Waals surface area contributed by atoms with Gasteiger partial charge >= 0.3 is 0 Å². The van der Waals surface area contributed by atoms with Gasteiger partial charge in [-0.1, -0.05) is 115 Å². The lowest BCUT2D eigenvalue weighted by atomic mass is 9.34. The average molecular weight is 729 g/mol. The fourth-order valence-corrected chi connectivity index (χ4v) is 13.5. The number of fused-ring (bicyclic) bond motifs is 22. The molecule has 0 radical (unpaired) electrons. The quantitative estimate of drug-likeness (QED) is 0.138. The Bertz CT molecular complexity index is 3710. The van der Waals surface area contributed by atoms with Gasteiger partial charge in [0, 0.05) is 73.3 Å². The van der Waals surface area contributed by atoms with Gasteiger partial charge < -0.3 is 9.13 Å². The molecule has 250 valence electrons. The third kappa shape index (κ3) is 3.14. The lowest BCUT2D eigenvalue weighted by Crippen LogP contribution is -2.59. The summed E-state index contributed by atoms with van der Waals surface area (Å²) in [5, 5.41) is 16.2. The molecule has 0 N–H and O–H groups in total. The molecule has 0 spiro atoms. The largest absolute Gasteiger partial charge is 0.310 e. The summed E-state index contributed by atoms with van der Waals surface area (Å²) in [4.78, 5) is 0. The Balaban J connectivity index is 1.20. The molecule has 6 heterocycles. The van der Waals surface area contributed by atoms with E-state index in [0.29, 0.717) is 0 Å². The Morgan fingerprint density at radius 1 is 0.382 bits per heavy atom. The molecule has 0 saturated carbocycles. The molecule has 13 aromatic rings. The Labute approximate surface area is 321 Å². The molecule has 0 saturated heterocycles. The Morgan fingerprint density at radius 3 is 1.35 bits per heavy atom. The number of nitrogens with zero attached hydrogens (tertiary/aromatic N) is 2. The highest BCUT2D eigenvalue weighted by Crippen LogP contribution is 2.49. The van der Waals surface area contributed by atoms with Gasteiger partial charge in [0.2, 0.25) is 0 Å². The maximum atomic E-state index is 2.63. The highest BCUT2D eigenvalue weighted by Gasteiger charge is 2.42. The minimum Gasteiger partial charge on any atom is -0.310 e. The van der Waals surface area contributed by atoms with Gasteiger partial charge in [0.05, 0.1) is 22.1 Å². The second-order valence-corrected chi connectivity index (χ2v) is 17.6. The second-order valence-electron chi connectivity index (χ2n) is 15.5. The molecule has 55 heavy (non-hydrogen) atoms. The van der Waals surface area contributed by atoms with Crippen molar-refractivity contribution in [3.63, 3.8) is 0 Å². The smallest absolute Gasteiger partial charge is 0.252 e. The molecule has 0 unspecified atom stereocenters. The highest BCUT2D eigenvalue weighted by molar-refractivity contribution is 7.27. The normalized spacial score (nSPS) is 13.4. The highest BCUT2D eigenvalue weighted by atomic mass is 32.1. The van der Waals surface area contributed by atoms with Crippen LogP contribution in [-0.2, 0) is 0 Å². The van der Waals surface area contributed by atoms with Crippen LogP contribution < -0.4 is 16.4 Å². The molecule has 15 rings (SSSR count). The van der Waals surface area contributed by atoms with E-state index in [0.717, 1.165) is 0 Å². The number of aromatic nitrogens is 2. The van der Waals surface area contributed by atoms with Gasteiger partial charge in [-0.15, -0.1) is 22.7 Å². The maximum absolute atomic E-state index is 2.63. The van der Waals surface area contributed by atoms with Crippen molar-refractivity contribution in [1.29, 1.82) is 0 Å². The first kappa shape index (κ1) is 28.1. The van der Waals surface area contributed by atoms with Crippen LogP contribution in [0.3, 0.4) is 0 Å². The van der Waals surface area contributed by atoms with Crippen molar-refractivity contribution in [1.82, 2.24) is 9.13 Å². The zero-order valence-electron chi connectivity index (χ0n) is 29.2. The fourth-order valence-electron chi connectivity index (χ4n) is 11.0. The first-order chi connectivity index (χ1) is 27.3. The first-order valence-corrected chi connectivity index (χ1v) is 20.7. The van der Waals surface area contributed by atoms with E-state index in [1.807, 2.05) is 22.7 Å². The van der Waals surface area contributed by atoms with Gasteiger partial charge in [-0.05, 0) is 74.3 Å². The van der Waals surface area contributed by atoms with Crippen LogP contribution in [0.1, 0.15) is 0 Å². The van der Waals surface area contributed by atoms with E-state index in [2.05, 4.69) is 161 Å². The van der Waals surface area contributed by atoms with Crippen LogP contribution in [0.2, 0.25) is 0 Å². The number of thiophene rings is 2. The number of hydrogen-bond donors (Lipinski definition) is 0. The van der Waals surface area contributed by atoms with Crippen molar-refractivity contribution in [2.75, 3.05) is 0 Å². The number of benzene rings is 9. The topological polar surface area (TPSA) is 9.86 Å². The van der Waals surface area contributed by atoms with Crippen LogP contribution in [0, 0.1) is 0 Å². The lowest BCUT2D eigenvalue weighted by Gasteiger charge is -2.34. The molecule has 2 nitrogen and oxygen atoms in total. The molecular formula is C50H25BN2S2. The van der Waals surface area contributed by atoms with E-state index < -0.39 is 0 Å². The molecular weight excluding hydrogens is 704 g/mol. The van der Waals surface area contributed by atoms with Crippen LogP contribution in [0.15, 0.2) is 152 Å². The first-order valence-electron chi connectivity index (χ1n) is 19.1. The van der Waals surface area contributed by atoms with Crippen LogP contribution in [-0.4, -0.2) is 15.8 Å². The van der Waals surface area contributed by atoms with E-state index in [1.165, 1.54) is 133 Å². The SMILES string of the molecule is c1cc2c3c(c1)-n1c4ccc5c6ccccc6sc5c4c4c5ccccc5cc(c41)B3c1cc3ccccc3c3c4c5sc6ccccc6c5ccc4n-2c13. The predicted molar refractivity (Wildman–Crippen MR) is 241 cm³/mol. The minimum atomic E-state index is 0.0786. The predicted octanol–water partition coefficient (Wildman–Crippen LogP) is 12.1. The zero-order valence-corrected chi connectivity index (χ0v) is 30.9. The average Bonchev–Trinajstić information content (AvgIpc) is 3.99. The molecule has 0 fully saturated rings. The van der Waals surface area contributed by atoms with Crippen LogP contribution >= 0.6 is 22.7 Å². The summed E-state index contributed by atoms with van der Waals surface area (Å²) in [5.41, 5.74) is 12.1. The van der Waals surface area contributed by atoms with Gasteiger partial charge in [-0.2, -0.15) is 0 Å². The summed E-state index contributed by atoms with van der Waals surface area (Å²) in [6, 6.07) is 57.7. The standard InChI is InChI=1S/C50H25BN2S2/c1-3-12-28-26(10-1)24-34-47-42(28)44-36(22-20-32-30-14-5-7-18-40(30)54-49(32)44)52(47)38-16-9-17-39-46(38)51(34)35-25-27-11-2-4-13-29(27)43-45-37(53(39)48(35)43)23-21-33-31-15-6-8-19-41(31)55-50(33)45/h1-25H. The number of hydrogen-bond acceptors (Lipinski definition) is 2. The minimum absolute atomic E-state index is 0.0786.